The van der Waals surface area contributed by atoms with Crippen molar-refractivity contribution < 1.29 is 19.4 Å². The Morgan fingerprint density at radius 1 is 1.08 bits per heavy atom. The number of rotatable bonds is 6. The number of carboxylic acids is 1. The third-order valence-electron chi connectivity index (χ3n) is 7.51. The van der Waals surface area contributed by atoms with Crippen molar-refractivity contribution in [1.29, 1.82) is 0 Å². The van der Waals surface area contributed by atoms with Crippen LogP contribution in [0, 0.1) is 36.0 Å². The van der Waals surface area contributed by atoms with E-state index < -0.39 is 5.97 Å². The molecule has 1 N–H and O–H groups in total. The summed E-state index contributed by atoms with van der Waals surface area (Å²) < 4.78 is 6.23. The van der Waals surface area contributed by atoms with Gasteiger partial charge in [-0.15, -0.1) is 11.3 Å². The van der Waals surface area contributed by atoms with E-state index in [0.29, 0.717) is 16.5 Å². The summed E-state index contributed by atoms with van der Waals surface area (Å²) in [5.74, 6) is 6.82. The van der Waals surface area contributed by atoms with Crippen molar-refractivity contribution in [3.63, 3.8) is 0 Å². The highest BCUT2D eigenvalue weighted by atomic mass is 32.1. The summed E-state index contributed by atoms with van der Waals surface area (Å²) in [6, 6.07) is 5.59. The van der Waals surface area contributed by atoms with Crippen LogP contribution in [0.25, 0.3) is 0 Å². The van der Waals surface area contributed by atoms with Crippen molar-refractivity contribution >= 4 is 28.9 Å². The minimum Gasteiger partial charge on any atom is -0.490 e. The van der Waals surface area contributed by atoms with E-state index >= 15 is 0 Å². The van der Waals surface area contributed by atoms with Gasteiger partial charge in [-0.2, -0.15) is 0 Å². The second-order valence-corrected chi connectivity index (χ2v) is 13.0. The smallest absolute Gasteiger partial charge is 0.348 e. The number of pyridine rings is 1. The normalized spacial score (nSPS) is 23.7. The van der Waals surface area contributed by atoms with Gasteiger partial charge in [-0.25, -0.2) is 4.79 Å². The van der Waals surface area contributed by atoms with Crippen molar-refractivity contribution in [1.82, 2.24) is 4.98 Å². The largest absolute Gasteiger partial charge is 0.490 e. The van der Waals surface area contributed by atoms with Crippen LogP contribution in [0.5, 0.6) is 5.75 Å². The van der Waals surface area contributed by atoms with Crippen LogP contribution in [-0.2, 0) is 4.79 Å². The van der Waals surface area contributed by atoms with Crippen LogP contribution in [-0.4, -0.2) is 34.1 Å². The monoisotopic (exact) mass is 536 g/mol. The number of aromatic nitrogens is 1. The van der Waals surface area contributed by atoms with Gasteiger partial charge in [0.2, 0.25) is 5.91 Å². The first-order valence-electron chi connectivity index (χ1n) is 13.8. The van der Waals surface area contributed by atoms with Gasteiger partial charge in [0.05, 0.1) is 16.7 Å². The molecule has 0 atom stereocenters. The van der Waals surface area contributed by atoms with Crippen LogP contribution in [0.3, 0.4) is 0 Å². The number of aryl methyl sites for hydroxylation is 1. The second kappa shape index (κ2) is 11.9. The van der Waals surface area contributed by atoms with E-state index in [1.807, 2.05) is 50.8 Å². The number of hydrogen-bond donors (Lipinski definition) is 1. The van der Waals surface area contributed by atoms with Gasteiger partial charge in [0.25, 0.3) is 0 Å². The van der Waals surface area contributed by atoms with Crippen molar-refractivity contribution in [3.8, 4) is 17.6 Å². The zero-order chi connectivity index (χ0) is 27.4. The molecule has 38 heavy (non-hydrogen) atoms. The summed E-state index contributed by atoms with van der Waals surface area (Å²) in [7, 11) is 0. The fourth-order valence-corrected chi connectivity index (χ4v) is 6.27. The highest BCUT2D eigenvalue weighted by molar-refractivity contribution is 7.15. The molecule has 204 valence electrons. The predicted molar refractivity (Wildman–Crippen MR) is 152 cm³/mol. The molecule has 2 heterocycles. The Morgan fingerprint density at radius 3 is 2.37 bits per heavy atom. The van der Waals surface area contributed by atoms with E-state index in [1.54, 1.807) is 6.20 Å². The van der Waals surface area contributed by atoms with Crippen LogP contribution < -0.4 is 9.64 Å². The molecule has 0 aliphatic heterocycles. The van der Waals surface area contributed by atoms with Crippen LogP contribution in [0.15, 0.2) is 24.4 Å². The van der Waals surface area contributed by atoms with Gasteiger partial charge in [-0.1, -0.05) is 18.8 Å². The fourth-order valence-electron chi connectivity index (χ4n) is 5.43. The lowest BCUT2D eigenvalue weighted by atomic mass is 9.81. The summed E-state index contributed by atoms with van der Waals surface area (Å²) in [6.07, 6.45) is 8.76. The first-order chi connectivity index (χ1) is 18.0. The van der Waals surface area contributed by atoms with Gasteiger partial charge in [0.1, 0.15) is 10.6 Å². The molecule has 6 nitrogen and oxygen atoms in total. The second-order valence-electron chi connectivity index (χ2n) is 12.0. The molecule has 2 fully saturated rings. The van der Waals surface area contributed by atoms with Crippen molar-refractivity contribution in [2.45, 2.75) is 98.1 Å². The van der Waals surface area contributed by atoms with Gasteiger partial charge >= 0.3 is 5.97 Å². The quantitative estimate of drug-likeness (QED) is 0.399. The van der Waals surface area contributed by atoms with Crippen molar-refractivity contribution in [3.05, 3.63) is 39.8 Å². The summed E-state index contributed by atoms with van der Waals surface area (Å²) in [5.41, 5.74) is 1.23. The summed E-state index contributed by atoms with van der Waals surface area (Å²) >= 11 is 1.17. The van der Waals surface area contributed by atoms with E-state index in [1.165, 1.54) is 11.3 Å². The van der Waals surface area contributed by atoms with E-state index in [0.717, 1.165) is 62.8 Å². The minimum atomic E-state index is -1.01. The van der Waals surface area contributed by atoms with Crippen molar-refractivity contribution in [2.24, 2.45) is 17.3 Å². The SMILES string of the molecule is Cc1cc(OC2CCC(N(C(=O)C3CCC(C)CC3)c3cc(C#CC(C)(C)C)sc3C(=O)O)CC2)ccn1. The molecule has 2 aliphatic carbocycles. The van der Waals surface area contributed by atoms with E-state index in [9.17, 15) is 14.7 Å². The van der Waals surface area contributed by atoms with Crippen molar-refractivity contribution in [2.75, 3.05) is 4.90 Å². The maximum Gasteiger partial charge on any atom is 0.348 e. The lowest BCUT2D eigenvalue weighted by Gasteiger charge is -2.39. The standard InChI is InChI=1S/C31H40N2O4S/c1-20-6-8-22(9-7-20)29(34)33(27-19-26(14-16-31(3,4)5)38-28(27)30(35)36)23-10-12-24(13-11-23)37-25-15-17-32-21(2)18-25/h15,17-20,22-24H,6-13H2,1-5H3,(H,35,36). The molecule has 2 saturated carbocycles. The Hall–Kier alpha value is -2.85. The molecule has 0 bridgehead atoms. The fraction of sp³-hybridized carbons (Fsp3) is 0.581. The average molecular weight is 537 g/mol. The maximum absolute atomic E-state index is 14.1. The highest BCUT2D eigenvalue weighted by Gasteiger charge is 2.37. The Balaban J connectivity index is 1.60. The number of hydrogen-bond acceptors (Lipinski definition) is 5. The number of carbonyl (C=O) groups is 2. The lowest BCUT2D eigenvalue weighted by Crippen LogP contribution is -2.47. The molecular weight excluding hydrogens is 496 g/mol. The van der Waals surface area contributed by atoms with Crippen LogP contribution in [0.1, 0.15) is 99.3 Å². The van der Waals surface area contributed by atoms with Crippen LogP contribution >= 0.6 is 11.3 Å². The van der Waals surface area contributed by atoms with Gasteiger partial charge in [0.15, 0.2) is 0 Å². The molecule has 2 aliphatic rings. The van der Waals surface area contributed by atoms with Crippen LogP contribution in [0.2, 0.25) is 0 Å². The molecule has 2 aromatic rings. The van der Waals surface area contributed by atoms with Gasteiger partial charge in [-0.05, 0) is 97.1 Å². The lowest BCUT2D eigenvalue weighted by molar-refractivity contribution is -0.124. The molecule has 0 unspecified atom stereocenters. The predicted octanol–water partition coefficient (Wildman–Crippen LogP) is 7.10. The average Bonchev–Trinajstić information content (AvgIpc) is 3.28. The van der Waals surface area contributed by atoms with Gasteiger partial charge in [0, 0.05) is 35.3 Å². The number of thiophene rings is 1. The van der Waals surface area contributed by atoms with Gasteiger partial charge in [-0.3, -0.25) is 9.78 Å². The Morgan fingerprint density at radius 2 is 1.76 bits per heavy atom. The Kier molecular flexibility index (Phi) is 8.82. The summed E-state index contributed by atoms with van der Waals surface area (Å²) in [5, 5.41) is 10.1. The first kappa shape index (κ1) is 28.2. The molecular formula is C31H40N2O4S. The molecule has 4 rings (SSSR count). The Bertz CT molecular complexity index is 1200. The number of carboxylic acid groups (broad SMARTS) is 1. The number of aromatic carboxylic acids is 1. The third-order valence-corrected chi connectivity index (χ3v) is 8.54. The Labute approximate surface area is 230 Å². The molecule has 0 saturated heterocycles. The molecule has 2 aromatic heterocycles. The molecule has 0 aromatic carbocycles. The first-order valence-corrected chi connectivity index (χ1v) is 14.6. The summed E-state index contributed by atoms with van der Waals surface area (Å²) in [4.78, 5) is 33.4. The minimum absolute atomic E-state index is 0.0583. The third kappa shape index (κ3) is 7.17. The number of carbonyl (C=O) groups excluding carboxylic acids is 1. The number of anilines is 1. The van der Waals surface area contributed by atoms with E-state index in [2.05, 4.69) is 23.7 Å². The van der Waals surface area contributed by atoms with E-state index in [4.69, 9.17) is 4.74 Å². The van der Waals surface area contributed by atoms with Crippen LogP contribution in [0.4, 0.5) is 5.69 Å². The number of amides is 1. The molecule has 0 radical (unpaired) electrons. The van der Waals surface area contributed by atoms with E-state index in [-0.39, 0.29) is 34.3 Å². The highest BCUT2D eigenvalue weighted by Crippen LogP contribution is 2.39. The molecule has 1 amide bonds. The zero-order valence-electron chi connectivity index (χ0n) is 23.3. The maximum atomic E-state index is 14.1. The molecule has 0 spiro atoms. The van der Waals surface area contributed by atoms with Gasteiger partial charge < -0.3 is 14.7 Å². The topological polar surface area (TPSA) is 79.7 Å². The molecule has 7 heteroatoms. The zero-order valence-corrected chi connectivity index (χ0v) is 24.1. The summed E-state index contributed by atoms with van der Waals surface area (Å²) in [6.45, 7) is 10.3. The number of nitrogens with zero attached hydrogens (tertiary/aromatic N) is 2. The number of ether oxygens (including phenoxy) is 1.